The van der Waals surface area contributed by atoms with E-state index in [2.05, 4.69) is 11.8 Å². The summed E-state index contributed by atoms with van der Waals surface area (Å²) in [4.78, 5) is 0. The van der Waals surface area contributed by atoms with Crippen molar-refractivity contribution >= 4 is 0 Å². The van der Waals surface area contributed by atoms with Crippen molar-refractivity contribution in [3.63, 3.8) is 0 Å². The number of rotatable bonds is 5. The van der Waals surface area contributed by atoms with Crippen molar-refractivity contribution in [1.82, 2.24) is 0 Å². The summed E-state index contributed by atoms with van der Waals surface area (Å²) in [5.41, 5.74) is 1.88. The standard InChI is InChI=1S/C14H17FO2/c1-12-11-13(5-2-3-9-16)6-7-14(12)17-10-4-8-15/h6-7,11,16H,3-4,8-10H2,1H3. The van der Waals surface area contributed by atoms with Gasteiger partial charge in [0.2, 0.25) is 0 Å². The Morgan fingerprint density at radius 3 is 2.88 bits per heavy atom. The Hall–Kier alpha value is -1.53. The highest BCUT2D eigenvalue weighted by molar-refractivity contribution is 5.43. The molecule has 1 aromatic carbocycles. The second kappa shape index (κ2) is 7.70. The summed E-state index contributed by atoms with van der Waals surface area (Å²) in [6, 6.07) is 5.63. The van der Waals surface area contributed by atoms with Gasteiger partial charge in [0.1, 0.15) is 5.75 Å². The van der Waals surface area contributed by atoms with Crippen LogP contribution in [0.15, 0.2) is 18.2 Å². The lowest BCUT2D eigenvalue weighted by atomic mass is 10.1. The Morgan fingerprint density at radius 1 is 1.41 bits per heavy atom. The van der Waals surface area contributed by atoms with E-state index in [1.165, 1.54) is 0 Å². The molecule has 0 radical (unpaired) electrons. The van der Waals surface area contributed by atoms with E-state index in [9.17, 15) is 4.39 Å². The fourth-order valence-electron chi connectivity index (χ4n) is 1.35. The van der Waals surface area contributed by atoms with Crippen LogP contribution in [0.3, 0.4) is 0 Å². The molecule has 2 nitrogen and oxygen atoms in total. The minimum atomic E-state index is -0.357. The predicted molar refractivity (Wildman–Crippen MR) is 65.8 cm³/mol. The summed E-state index contributed by atoms with van der Waals surface area (Å²) >= 11 is 0. The summed E-state index contributed by atoms with van der Waals surface area (Å²) in [7, 11) is 0. The molecule has 1 N–H and O–H groups in total. The average Bonchev–Trinajstić information content (AvgIpc) is 2.32. The van der Waals surface area contributed by atoms with Crippen LogP contribution in [-0.4, -0.2) is 25.0 Å². The number of ether oxygens (including phenoxy) is 1. The van der Waals surface area contributed by atoms with Gasteiger partial charge in [-0.15, -0.1) is 0 Å². The predicted octanol–water partition coefficient (Wildman–Crippen LogP) is 2.47. The molecule has 0 saturated carbocycles. The quantitative estimate of drug-likeness (QED) is 0.628. The second-order valence-corrected chi connectivity index (χ2v) is 3.65. The molecule has 0 bridgehead atoms. The van der Waals surface area contributed by atoms with Gasteiger partial charge in [0.25, 0.3) is 0 Å². The van der Waals surface area contributed by atoms with Crippen molar-refractivity contribution in [2.45, 2.75) is 19.8 Å². The van der Waals surface area contributed by atoms with Gasteiger partial charge in [-0.1, -0.05) is 11.8 Å². The van der Waals surface area contributed by atoms with Crippen LogP contribution in [0.2, 0.25) is 0 Å². The Morgan fingerprint density at radius 2 is 2.24 bits per heavy atom. The molecule has 0 heterocycles. The molecule has 0 aliphatic carbocycles. The second-order valence-electron chi connectivity index (χ2n) is 3.65. The minimum absolute atomic E-state index is 0.0798. The Kier molecular flexibility index (Phi) is 6.13. The van der Waals surface area contributed by atoms with E-state index in [4.69, 9.17) is 9.84 Å². The third kappa shape index (κ3) is 4.88. The number of benzene rings is 1. The zero-order chi connectivity index (χ0) is 12.5. The van der Waals surface area contributed by atoms with Gasteiger partial charge in [0.05, 0.1) is 19.9 Å². The number of aliphatic hydroxyl groups excluding tert-OH is 1. The lowest BCUT2D eigenvalue weighted by molar-refractivity contribution is 0.288. The van der Waals surface area contributed by atoms with Crippen molar-refractivity contribution in [1.29, 1.82) is 0 Å². The zero-order valence-corrected chi connectivity index (χ0v) is 10.0. The number of aliphatic hydroxyl groups is 1. The Bertz CT molecular complexity index is 404. The molecule has 0 unspecified atom stereocenters. The van der Waals surface area contributed by atoms with Gasteiger partial charge in [-0.25, -0.2) is 0 Å². The highest BCUT2D eigenvalue weighted by Gasteiger charge is 1.99. The fourth-order valence-corrected chi connectivity index (χ4v) is 1.35. The molecule has 0 aliphatic rings. The molecule has 0 saturated heterocycles. The largest absolute Gasteiger partial charge is 0.493 e. The maximum absolute atomic E-state index is 11.9. The molecule has 0 aliphatic heterocycles. The fraction of sp³-hybridized carbons (Fsp3) is 0.429. The SMILES string of the molecule is Cc1cc(C#CCCO)ccc1OCCCF. The van der Waals surface area contributed by atoms with Crippen molar-refractivity contribution in [2.24, 2.45) is 0 Å². The first-order valence-corrected chi connectivity index (χ1v) is 5.67. The highest BCUT2D eigenvalue weighted by Crippen LogP contribution is 2.18. The summed E-state index contributed by atoms with van der Waals surface area (Å²) in [6.45, 7) is 2.05. The van der Waals surface area contributed by atoms with Crippen LogP contribution < -0.4 is 4.74 Å². The van der Waals surface area contributed by atoms with E-state index in [0.717, 1.165) is 16.9 Å². The van der Waals surface area contributed by atoms with Crippen molar-refractivity contribution < 1.29 is 14.2 Å². The molecular formula is C14H17FO2. The van der Waals surface area contributed by atoms with Crippen LogP contribution in [0.1, 0.15) is 24.0 Å². The molecule has 0 amide bonds. The highest BCUT2D eigenvalue weighted by atomic mass is 19.1. The van der Waals surface area contributed by atoms with E-state index in [0.29, 0.717) is 19.4 Å². The molecule has 3 heteroatoms. The van der Waals surface area contributed by atoms with Gasteiger partial charge in [0, 0.05) is 18.4 Å². The molecular weight excluding hydrogens is 219 g/mol. The third-order valence-electron chi connectivity index (χ3n) is 2.18. The van der Waals surface area contributed by atoms with E-state index in [1.807, 2.05) is 25.1 Å². The number of aryl methyl sites for hydroxylation is 1. The first-order valence-electron chi connectivity index (χ1n) is 5.67. The number of alkyl halides is 1. The topological polar surface area (TPSA) is 29.5 Å². The van der Waals surface area contributed by atoms with Crippen molar-refractivity contribution in [3.8, 4) is 17.6 Å². The molecule has 0 spiro atoms. The normalized spacial score (nSPS) is 9.59. The summed E-state index contributed by atoms with van der Waals surface area (Å²) in [5.74, 6) is 6.58. The smallest absolute Gasteiger partial charge is 0.122 e. The number of hydrogen-bond acceptors (Lipinski definition) is 2. The lowest BCUT2D eigenvalue weighted by Gasteiger charge is -2.08. The Labute approximate surface area is 101 Å². The molecule has 17 heavy (non-hydrogen) atoms. The average molecular weight is 236 g/mol. The van der Waals surface area contributed by atoms with Crippen LogP contribution in [0.5, 0.6) is 5.75 Å². The number of halogens is 1. The molecule has 1 rings (SSSR count). The van der Waals surface area contributed by atoms with Gasteiger partial charge in [0.15, 0.2) is 0 Å². The first-order chi connectivity index (χ1) is 8.27. The van der Waals surface area contributed by atoms with Gasteiger partial charge in [-0.2, -0.15) is 0 Å². The maximum Gasteiger partial charge on any atom is 0.122 e. The minimum Gasteiger partial charge on any atom is -0.493 e. The van der Waals surface area contributed by atoms with Crippen LogP contribution in [0.4, 0.5) is 4.39 Å². The van der Waals surface area contributed by atoms with E-state index < -0.39 is 0 Å². The maximum atomic E-state index is 11.9. The van der Waals surface area contributed by atoms with Crippen LogP contribution in [0.25, 0.3) is 0 Å². The molecule has 1 aromatic rings. The molecule has 0 aromatic heterocycles. The first kappa shape index (κ1) is 13.5. The van der Waals surface area contributed by atoms with Crippen LogP contribution >= 0.6 is 0 Å². The molecule has 0 fully saturated rings. The van der Waals surface area contributed by atoms with E-state index in [-0.39, 0.29) is 13.3 Å². The summed E-state index contributed by atoms with van der Waals surface area (Å²) in [6.07, 6.45) is 0.894. The van der Waals surface area contributed by atoms with Gasteiger partial charge in [-0.3, -0.25) is 4.39 Å². The number of hydrogen-bond donors (Lipinski definition) is 1. The molecule has 0 atom stereocenters. The summed E-state index contributed by atoms with van der Waals surface area (Å²) in [5, 5.41) is 8.61. The van der Waals surface area contributed by atoms with Crippen LogP contribution in [-0.2, 0) is 0 Å². The van der Waals surface area contributed by atoms with Gasteiger partial charge in [-0.05, 0) is 30.7 Å². The zero-order valence-electron chi connectivity index (χ0n) is 10.0. The lowest BCUT2D eigenvalue weighted by Crippen LogP contribution is -1.99. The van der Waals surface area contributed by atoms with E-state index in [1.54, 1.807) is 0 Å². The monoisotopic (exact) mass is 236 g/mol. The van der Waals surface area contributed by atoms with Gasteiger partial charge < -0.3 is 9.84 Å². The summed E-state index contributed by atoms with van der Waals surface area (Å²) < 4.78 is 17.3. The van der Waals surface area contributed by atoms with Gasteiger partial charge >= 0.3 is 0 Å². The van der Waals surface area contributed by atoms with Crippen LogP contribution in [0, 0.1) is 18.8 Å². The van der Waals surface area contributed by atoms with Crippen molar-refractivity contribution in [2.75, 3.05) is 19.9 Å². The van der Waals surface area contributed by atoms with E-state index >= 15 is 0 Å². The molecule has 92 valence electrons. The Balaban J connectivity index is 2.63. The third-order valence-corrected chi connectivity index (χ3v) is 2.18. The van der Waals surface area contributed by atoms with Crippen molar-refractivity contribution in [3.05, 3.63) is 29.3 Å².